The monoisotopic (exact) mass is 281 g/mol. The third-order valence-corrected chi connectivity index (χ3v) is 4.49. The van der Waals surface area contributed by atoms with Gasteiger partial charge < -0.3 is 11.1 Å². The lowest BCUT2D eigenvalue weighted by molar-refractivity contribution is -0.121. The van der Waals surface area contributed by atoms with Gasteiger partial charge in [0.15, 0.2) is 0 Å². The Labute approximate surface area is 119 Å². The summed E-state index contributed by atoms with van der Waals surface area (Å²) in [5.74, 6) is 0.713. The molecule has 0 unspecified atom stereocenters. The molecular weight excluding hydrogens is 258 g/mol. The van der Waals surface area contributed by atoms with Gasteiger partial charge in [-0.05, 0) is 43.3 Å². The molecule has 106 valence electrons. The number of rotatable bonds is 6. The number of likely N-dealkylation sites (tertiary alicyclic amines) is 1. The summed E-state index contributed by atoms with van der Waals surface area (Å²) in [4.78, 5) is 15.3. The van der Waals surface area contributed by atoms with Crippen LogP contribution in [0.15, 0.2) is 17.5 Å². The van der Waals surface area contributed by atoms with Crippen molar-refractivity contribution < 1.29 is 4.79 Å². The van der Waals surface area contributed by atoms with Crippen LogP contribution in [0.3, 0.4) is 0 Å². The van der Waals surface area contributed by atoms with E-state index in [9.17, 15) is 4.79 Å². The van der Waals surface area contributed by atoms with Gasteiger partial charge >= 0.3 is 0 Å². The van der Waals surface area contributed by atoms with Crippen LogP contribution in [0, 0.1) is 5.92 Å². The SMILES string of the molecule is NCCC(=O)NCC1CCN(Cc2cccs2)CC1. The molecule has 0 spiro atoms. The van der Waals surface area contributed by atoms with E-state index >= 15 is 0 Å². The van der Waals surface area contributed by atoms with E-state index in [4.69, 9.17) is 5.73 Å². The normalized spacial score (nSPS) is 17.5. The first kappa shape index (κ1) is 14.5. The summed E-state index contributed by atoms with van der Waals surface area (Å²) in [6, 6.07) is 4.31. The molecule has 19 heavy (non-hydrogen) atoms. The maximum absolute atomic E-state index is 11.4. The summed E-state index contributed by atoms with van der Waals surface area (Å²) in [5, 5.41) is 5.11. The Morgan fingerprint density at radius 1 is 1.47 bits per heavy atom. The summed E-state index contributed by atoms with van der Waals surface area (Å²) < 4.78 is 0. The quantitative estimate of drug-likeness (QED) is 0.829. The third kappa shape index (κ3) is 4.93. The summed E-state index contributed by atoms with van der Waals surface area (Å²) >= 11 is 1.83. The molecule has 1 aromatic rings. The second-order valence-corrected chi connectivity index (χ2v) is 6.17. The molecule has 2 heterocycles. The highest BCUT2D eigenvalue weighted by atomic mass is 32.1. The Kier molecular flexibility index (Phi) is 5.82. The van der Waals surface area contributed by atoms with Crippen LogP contribution in [0.25, 0.3) is 0 Å². The number of nitrogens with two attached hydrogens (primary N) is 1. The zero-order chi connectivity index (χ0) is 13.5. The minimum Gasteiger partial charge on any atom is -0.356 e. The molecule has 0 aliphatic carbocycles. The molecule has 0 aromatic carbocycles. The van der Waals surface area contributed by atoms with Crippen molar-refractivity contribution in [1.29, 1.82) is 0 Å². The van der Waals surface area contributed by atoms with Gasteiger partial charge in [0.25, 0.3) is 0 Å². The maximum Gasteiger partial charge on any atom is 0.221 e. The van der Waals surface area contributed by atoms with Gasteiger partial charge in [0.05, 0.1) is 0 Å². The van der Waals surface area contributed by atoms with Crippen LogP contribution in [0.4, 0.5) is 0 Å². The fourth-order valence-corrected chi connectivity index (χ4v) is 3.20. The van der Waals surface area contributed by atoms with E-state index in [-0.39, 0.29) is 5.91 Å². The van der Waals surface area contributed by atoms with Gasteiger partial charge in [0.2, 0.25) is 5.91 Å². The predicted octanol–water partition coefficient (Wildman–Crippen LogP) is 1.43. The second-order valence-electron chi connectivity index (χ2n) is 5.14. The van der Waals surface area contributed by atoms with Crippen molar-refractivity contribution in [2.24, 2.45) is 11.7 Å². The highest BCUT2D eigenvalue weighted by Crippen LogP contribution is 2.20. The molecule has 1 aromatic heterocycles. The van der Waals surface area contributed by atoms with E-state index in [0.29, 0.717) is 18.9 Å². The zero-order valence-electron chi connectivity index (χ0n) is 11.3. The van der Waals surface area contributed by atoms with Crippen LogP contribution in [0.1, 0.15) is 24.1 Å². The summed E-state index contributed by atoms with van der Waals surface area (Å²) in [7, 11) is 0. The molecule has 1 amide bonds. The Morgan fingerprint density at radius 2 is 2.26 bits per heavy atom. The van der Waals surface area contributed by atoms with Gasteiger partial charge in [-0.1, -0.05) is 6.07 Å². The molecule has 4 nitrogen and oxygen atoms in total. The molecule has 5 heteroatoms. The van der Waals surface area contributed by atoms with Crippen molar-refractivity contribution in [1.82, 2.24) is 10.2 Å². The number of thiophene rings is 1. The van der Waals surface area contributed by atoms with E-state index < -0.39 is 0 Å². The average Bonchev–Trinajstić information content (AvgIpc) is 2.91. The lowest BCUT2D eigenvalue weighted by Gasteiger charge is -2.31. The van der Waals surface area contributed by atoms with Gasteiger partial charge in [0.1, 0.15) is 0 Å². The van der Waals surface area contributed by atoms with Crippen LogP contribution in [0.2, 0.25) is 0 Å². The number of carbonyl (C=O) groups is 1. The van der Waals surface area contributed by atoms with E-state index in [2.05, 4.69) is 27.7 Å². The Balaban J connectivity index is 1.63. The largest absolute Gasteiger partial charge is 0.356 e. The first-order valence-corrected chi connectivity index (χ1v) is 7.87. The van der Waals surface area contributed by atoms with Gasteiger partial charge in [-0.15, -0.1) is 11.3 Å². The van der Waals surface area contributed by atoms with Crippen LogP contribution < -0.4 is 11.1 Å². The number of piperidine rings is 1. The molecule has 0 saturated carbocycles. The maximum atomic E-state index is 11.4. The van der Waals surface area contributed by atoms with Crippen molar-refractivity contribution in [3.8, 4) is 0 Å². The van der Waals surface area contributed by atoms with Crippen molar-refractivity contribution >= 4 is 17.2 Å². The number of carbonyl (C=O) groups excluding carboxylic acids is 1. The fraction of sp³-hybridized carbons (Fsp3) is 0.643. The number of amides is 1. The molecular formula is C14H23N3OS. The number of hydrogen-bond acceptors (Lipinski definition) is 4. The van der Waals surface area contributed by atoms with E-state index in [1.54, 1.807) is 0 Å². The van der Waals surface area contributed by atoms with Crippen LogP contribution in [0.5, 0.6) is 0 Å². The molecule has 1 saturated heterocycles. The van der Waals surface area contributed by atoms with Crippen LogP contribution >= 0.6 is 11.3 Å². The molecule has 1 aliphatic heterocycles. The Hall–Kier alpha value is -0.910. The number of hydrogen-bond donors (Lipinski definition) is 2. The fourth-order valence-electron chi connectivity index (χ4n) is 2.45. The van der Waals surface area contributed by atoms with Crippen LogP contribution in [-0.2, 0) is 11.3 Å². The lowest BCUT2D eigenvalue weighted by atomic mass is 9.96. The third-order valence-electron chi connectivity index (χ3n) is 3.63. The van der Waals surface area contributed by atoms with Crippen molar-refractivity contribution in [2.75, 3.05) is 26.2 Å². The van der Waals surface area contributed by atoms with Gasteiger partial charge in [-0.25, -0.2) is 0 Å². The van der Waals surface area contributed by atoms with E-state index in [1.165, 1.54) is 17.7 Å². The van der Waals surface area contributed by atoms with Gasteiger partial charge in [-0.3, -0.25) is 9.69 Å². The number of nitrogens with one attached hydrogen (secondary N) is 1. The second kappa shape index (κ2) is 7.62. The smallest absolute Gasteiger partial charge is 0.221 e. The minimum absolute atomic E-state index is 0.0866. The zero-order valence-corrected chi connectivity index (χ0v) is 12.1. The highest BCUT2D eigenvalue weighted by molar-refractivity contribution is 7.09. The van der Waals surface area contributed by atoms with Crippen LogP contribution in [-0.4, -0.2) is 37.0 Å². The first-order valence-electron chi connectivity index (χ1n) is 6.99. The van der Waals surface area contributed by atoms with Gasteiger partial charge in [0, 0.05) is 30.9 Å². The first-order chi connectivity index (χ1) is 9.28. The molecule has 3 N–H and O–H groups in total. The molecule has 0 atom stereocenters. The highest BCUT2D eigenvalue weighted by Gasteiger charge is 2.19. The standard InChI is InChI=1S/C14H23N3OS/c15-6-3-14(18)16-10-12-4-7-17(8-5-12)11-13-2-1-9-19-13/h1-2,9,12H,3-8,10-11,15H2,(H,16,18). The van der Waals surface area contributed by atoms with Crippen molar-refractivity contribution in [3.05, 3.63) is 22.4 Å². The van der Waals surface area contributed by atoms with E-state index in [0.717, 1.165) is 26.2 Å². The molecule has 1 fully saturated rings. The van der Waals surface area contributed by atoms with E-state index in [1.807, 2.05) is 11.3 Å². The number of nitrogens with zero attached hydrogens (tertiary/aromatic N) is 1. The molecule has 0 radical (unpaired) electrons. The van der Waals surface area contributed by atoms with Crippen molar-refractivity contribution in [3.63, 3.8) is 0 Å². The Morgan fingerprint density at radius 3 is 2.89 bits per heavy atom. The summed E-state index contributed by atoms with van der Waals surface area (Å²) in [6.45, 7) is 4.59. The molecule has 0 bridgehead atoms. The summed E-state index contributed by atoms with van der Waals surface area (Å²) in [6.07, 6.45) is 2.79. The molecule has 2 rings (SSSR count). The average molecular weight is 281 g/mol. The minimum atomic E-state index is 0.0866. The molecule has 1 aliphatic rings. The topological polar surface area (TPSA) is 58.4 Å². The summed E-state index contributed by atoms with van der Waals surface area (Å²) in [5.41, 5.74) is 5.35. The Bertz CT molecular complexity index is 372. The lowest BCUT2D eigenvalue weighted by Crippen LogP contribution is -2.38. The predicted molar refractivity (Wildman–Crippen MR) is 79.0 cm³/mol. The van der Waals surface area contributed by atoms with Gasteiger partial charge in [-0.2, -0.15) is 0 Å². The van der Waals surface area contributed by atoms with Crippen molar-refractivity contribution in [2.45, 2.75) is 25.8 Å².